The molecule has 1 aromatic carbocycles. The van der Waals surface area contributed by atoms with Crippen molar-refractivity contribution < 1.29 is 14.7 Å². The number of thioether (sulfide) groups is 1. The second-order valence-electron chi connectivity index (χ2n) is 6.19. The Bertz CT molecular complexity index is 688. The van der Waals surface area contributed by atoms with Gasteiger partial charge in [0.1, 0.15) is 0 Å². The highest BCUT2D eigenvalue weighted by molar-refractivity contribution is 8.01. The summed E-state index contributed by atoms with van der Waals surface area (Å²) in [5, 5.41) is 14.1. The number of benzene rings is 1. The Morgan fingerprint density at radius 1 is 1.19 bits per heavy atom. The molecular weight excluding hydrogens is 382 g/mol. The highest BCUT2D eigenvalue weighted by atomic mass is 32.2. The lowest BCUT2D eigenvalue weighted by Crippen LogP contribution is -2.43. The molecule has 0 bridgehead atoms. The highest BCUT2D eigenvalue weighted by Gasteiger charge is 2.20. The van der Waals surface area contributed by atoms with Crippen LogP contribution in [0.1, 0.15) is 45.4 Å². The Morgan fingerprint density at radius 3 is 2.59 bits per heavy atom. The molecule has 0 aliphatic rings. The average Bonchev–Trinajstić information content (AvgIpc) is 3.03. The molecule has 8 heteroatoms. The molecule has 0 aliphatic heterocycles. The van der Waals surface area contributed by atoms with E-state index in [2.05, 4.69) is 17.2 Å². The van der Waals surface area contributed by atoms with Crippen LogP contribution in [0.15, 0.2) is 28.6 Å². The van der Waals surface area contributed by atoms with E-state index in [1.807, 2.05) is 24.3 Å². The van der Waals surface area contributed by atoms with Crippen LogP contribution in [0.2, 0.25) is 0 Å². The summed E-state index contributed by atoms with van der Waals surface area (Å²) in [5.41, 5.74) is 0.887. The van der Waals surface area contributed by atoms with Crippen LogP contribution in [0.25, 0.3) is 10.2 Å². The molecular formula is C19H29N3O3S2. The van der Waals surface area contributed by atoms with Crippen LogP contribution in [0.4, 0.5) is 0 Å². The number of carboxylic acid groups (broad SMARTS) is 1. The van der Waals surface area contributed by atoms with Crippen LogP contribution in [0, 0.1) is 5.92 Å². The second kappa shape index (κ2) is 12.7. The van der Waals surface area contributed by atoms with Gasteiger partial charge in [0.2, 0.25) is 5.91 Å². The normalized spacial score (nSPS) is 11.7. The van der Waals surface area contributed by atoms with Crippen LogP contribution in [0.5, 0.6) is 0 Å². The summed E-state index contributed by atoms with van der Waals surface area (Å²) in [6.45, 7) is 2.69. The minimum atomic E-state index is -1.33. The van der Waals surface area contributed by atoms with E-state index in [9.17, 15) is 14.7 Å². The minimum Gasteiger partial charge on any atom is -0.549 e. The van der Waals surface area contributed by atoms with E-state index in [1.54, 1.807) is 0 Å². The number of rotatable bonds is 12. The fraction of sp³-hybridized carbons (Fsp3) is 0.526. The highest BCUT2D eigenvalue weighted by Crippen LogP contribution is 2.30. The number of hydrogen-bond acceptors (Lipinski definition) is 6. The molecule has 0 aliphatic carbocycles. The number of hydrogen-bond donors (Lipinski definition) is 2. The lowest BCUT2D eigenvalue weighted by atomic mass is 10.1. The van der Waals surface area contributed by atoms with Crippen molar-refractivity contribution in [3.05, 3.63) is 24.3 Å². The van der Waals surface area contributed by atoms with Crippen molar-refractivity contribution in [2.75, 3.05) is 12.3 Å². The van der Waals surface area contributed by atoms with Gasteiger partial charge in [-0.25, -0.2) is 4.98 Å². The number of carbonyl (C=O) groups is 2. The summed E-state index contributed by atoms with van der Waals surface area (Å²) in [6, 6.07) is 7.74. The molecule has 1 heterocycles. The first-order chi connectivity index (χ1) is 12.6. The molecule has 1 aromatic heterocycles. The van der Waals surface area contributed by atoms with Crippen molar-refractivity contribution in [1.29, 1.82) is 0 Å². The molecule has 5 N–H and O–H groups in total. The van der Waals surface area contributed by atoms with E-state index in [-0.39, 0.29) is 11.9 Å². The van der Waals surface area contributed by atoms with Crippen LogP contribution in [-0.4, -0.2) is 29.2 Å². The summed E-state index contributed by atoms with van der Waals surface area (Å²) in [4.78, 5) is 27.9. The predicted molar refractivity (Wildman–Crippen MR) is 111 cm³/mol. The largest absolute Gasteiger partial charge is 0.549 e. The molecule has 0 radical (unpaired) electrons. The van der Waals surface area contributed by atoms with Gasteiger partial charge in [0.25, 0.3) is 0 Å². The number of fused-ring (bicyclic) bond motifs is 1. The van der Waals surface area contributed by atoms with E-state index >= 15 is 0 Å². The fourth-order valence-electron chi connectivity index (χ4n) is 2.56. The zero-order valence-corrected chi connectivity index (χ0v) is 17.7. The maximum absolute atomic E-state index is 12.2. The van der Waals surface area contributed by atoms with Crippen molar-refractivity contribution in [2.45, 2.75) is 49.8 Å². The van der Waals surface area contributed by atoms with Crippen LogP contribution in [0.3, 0.4) is 0 Å². The molecule has 150 valence electrons. The maximum Gasteiger partial charge on any atom is 0.229 e. The third kappa shape index (κ3) is 7.86. The lowest BCUT2D eigenvalue weighted by molar-refractivity contribution is -0.309. The van der Waals surface area contributed by atoms with Crippen molar-refractivity contribution in [3.8, 4) is 0 Å². The van der Waals surface area contributed by atoms with E-state index in [4.69, 9.17) is 0 Å². The zero-order valence-electron chi connectivity index (χ0n) is 16.0. The number of nitrogens with zero attached hydrogens (tertiary/aromatic N) is 1. The summed E-state index contributed by atoms with van der Waals surface area (Å²) in [5.74, 6) is -2.83. The first-order valence-corrected chi connectivity index (χ1v) is 10.9. The van der Waals surface area contributed by atoms with Crippen LogP contribution in [-0.2, 0) is 9.59 Å². The Balaban J connectivity index is 0.00000364. The Hall–Kier alpha value is -1.64. The molecule has 1 atom stereocenters. The lowest BCUT2D eigenvalue weighted by Gasteiger charge is -2.16. The van der Waals surface area contributed by atoms with E-state index in [1.165, 1.54) is 42.4 Å². The van der Waals surface area contributed by atoms with Gasteiger partial charge in [-0.15, -0.1) is 11.3 Å². The van der Waals surface area contributed by atoms with Crippen molar-refractivity contribution >= 4 is 45.2 Å². The van der Waals surface area contributed by atoms with Gasteiger partial charge in [-0.3, -0.25) is 4.79 Å². The summed E-state index contributed by atoms with van der Waals surface area (Å²) in [7, 11) is 0. The predicted octanol–water partition coefficient (Wildman–Crippen LogP) is 3.61. The van der Waals surface area contributed by atoms with Gasteiger partial charge in [-0.1, -0.05) is 62.9 Å². The quantitative estimate of drug-likeness (QED) is 0.314. The molecule has 1 amide bonds. The number of para-hydroxylation sites is 1. The minimum absolute atomic E-state index is 0. The third-order valence-electron chi connectivity index (χ3n) is 4.08. The summed E-state index contributed by atoms with van der Waals surface area (Å²) < 4.78 is 1.81. The van der Waals surface area contributed by atoms with Crippen molar-refractivity contribution in [3.63, 3.8) is 0 Å². The molecule has 0 saturated heterocycles. The summed E-state index contributed by atoms with van der Waals surface area (Å²) in [6.07, 6.45) is 6.74. The number of amides is 1. The van der Waals surface area contributed by atoms with E-state index in [0.717, 1.165) is 33.8 Å². The van der Waals surface area contributed by atoms with Gasteiger partial charge < -0.3 is 21.4 Å². The van der Waals surface area contributed by atoms with Gasteiger partial charge in [0.05, 0.1) is 22.1 Å². The Morgan fingerprint density at radius 2 is 1.89 bits per heavy atom. The molecule has 27 heavy (non-hydrogen) atoms. The van der Waals surface area contributed by atoms with Crippen LogP contribution >= 0.6 is 23.1 Å². The molecule has 0 saturated carbocycles. The number of carboxylic acids is 1. The van der Waals surface area contributed by atoms with Gasteiger partial charge in [0.15, 0.2) is 4.34 Å². The van der Waals surface area contributed by atoms with Crippen molar-refractivity contribution in [2.24, 2.45) is 5.92 Å². The van der Waals surface area contributed by atoms with Gasteiger partial charge in [-0.05, 0) is 18.6 Å². The molecule has 2 aromatic rings. The number of carbonyl (C=O) groups excluding carboxylic acids is 2. The zero-order chi connectivity index (χ0) is 18.8. The fourth-order valence-corrected chi connectivity index (χ4v) is 4.72. The number of unbranched alkanes of at least 4 members (excludes halogenated alkanes) is 5. The SMILES string of the molecule is CCCCCCCCNC(=O)C(CSc1nc2ccccc2s1)C(=O)[O-].[NH4+]. The molecule has 1 unspecified atom stereocenters. The van der Waals surface area contributed by atoms with E-state index in [0.29, 0.717) is 6.54 Å². The monoisotopic (exact) mass is 411 g/mol. The first-order valence-electron chi connectivity index (χ1n) is 9.08. The number of quaternary nitrogens is 1. The van der Waals surface area contributed by atoms with E-state index < -0.39 is 17.8 Å². The maximum atomic E-state index is 12.2. The first kappa shape index (κ1) is 23.4. The van der Waals surface area contributed by atoms with Gasteiger partial charge >= 0.3 is 0 Å². The third-order valence-corrected chi connectivity index (χ3v) is 6.35. The number of aromatic nitrogens is 1. The molecule has 0 fully saturated rings. The van der Waals surface area contributed by atoms with Crippen molar-refractivity contribution in [1.82, 2.24) is 16.5 Å². The van der Waals surface area contributed by atoms with Gasteiger partial charge in [-0.2, -0.15) is 0 Å². The Kier molecular flexibility index (Phi) is 11.0. The number of thiazole rings is 1. The standard InChI is InChI=1S/C19H26N2O3S2.H3N/c1-2-3-4-5-6-9-12-20-17(22)14(18(23)24)13-25-19-21-15-10-7-8-11-16(15)26-19;/h7-8,10-11,14H,2-6,9,12-13H2,1H3,(H,20,22)(H,23,24);1H3. The summed E-state index contributed by atoms with van der Waals surface area (Å²) >= 11 is 2.79. The second-order valence-corrected chi connectivity index (χ2v) is 8.49. The molecule has 2 rings (SSSR count). The molecule has 0 spiro atoms. The topological polar surface area (TPSA) is 119 Å². The smallest absolute Gasteiger partial charge is 0.229 e. The number of aliphatic carboxylic acids is 1. The molecule has 6 nitrogen and oxygen atoms in total. The average molecular weight is 412 g/mol. The Labute approximate surface area is 168 Å². The van der Waals surface area contributed by atoms with Gasteiger partial charge in [0, 0.05) is 12.3 Å². The number of nitrogens with one attached hydrogen (secondary N) is 1. The van der Waals surface area contributed by atoms with Crippen LogP contribution < -0.4 is 16.6 Å².